The lowest BCUT2D eigenvalue weighted by Gasteiger charge is -2.14. The number of hydrogen-bond donors (Lipinski definition) is 1. The number of carbonyl (C=O) groups excluding carboxylic acids is 1. The number of nitrogens with zero attached hydrogens (tertiary/aromatic N) is 3. The van der Waals surface area contributed by atoms with E-state index in [0.29, 0.717) is 46.4 Å². The van der Waals surface area contributed by atoms with Gasteiger partial charge in [-0.3, -0.25) is 19.4 Å². The summed E-state index contributed by atoms with van der Waals surface area (Å²) in [5.74, 6) is 0.0776. The minimum absolute atomic E-state index is 0.242. The largest absolute Gasteiger partial charge is 0.465 e. The molecule has 1 N–H and O–H groups in total. The van der Waals surface area contributed by atoms with Crippen LogP contribution in [-0.4, -0.2) is 32.8 Å². The minimum Gasteiger partial charge on any atom is -0.465 e. The molecule has 7 nitrogen and oxygen atoms in total. The number of methoxy groups -OCH3 is 1. The molecule has 0 radical (unpaired) electrons. The first kappa shape index (κ1) is 15.9. The van der Waals surface area contributed by atoms with Crippen LogP contribution >= 0.6 is 0 Å². The number of aromatic amines is 1. The van der Waals surface area contributed by atoms with Crippen LogP contribution in [-0.2, 0) is 17.6 Å². The average molecular weight is 326 g/mol. The smallest absolute Gasteiger partial charge is 0.340 e. The molecular weight excluding hydrogens is 308 g/mol. The van der Waals surface area contributed by atoms with E-state index in [-0.39, 0.29) is 5.56 Å². The van der Waals surface area contributed by atoms with E-state index in [4.69, 9.17) is 4.74 Å². The van der Waals surface area contributed by atoms with Crippen LogP contribution in [0.1, 0.15) is 35.6 Å². The first-order chi connectivity index (χ1) is 11.6. The molecule has 0 aromatic carbocycles. The predicted octanol–water partition coefficient (Wildman–Crippen LogP) is 2.02. The molecule has 0 atom stereocenters. The molecule has 0 amide bonds. The number of carbonyl (C=O) groups is 1. The van der Waals surface area contributed by atoms with E-state index in [1.54, 1.807) is 24.5 Å². The zero-order valence-corrected chi connectivity index (χ0v) is 13.8. The highest BCUT2D eigenvalue weighted by molar-refractivity contribution is 6.05. The van der Waals surface area contributed by atoms with E-state index >= 15 is 0 Å². The van der Waals surface area contributed by atoms with Gasteiger partial charge in [0.15, 0.2) is 0 Å². The number of nitrogens with one attached hydrogen (secondary N) is 1. The quantitative estimate of drug-likeness (QED) is 0.741. The summed E-state index contributed by atoms with van der Waals surface area (Å²) >= 11 is 0. The maximum atomic E-state index is 13.0. The molecule has 3 aromatic heterocycles. The summed E-state index contributed by atoms with van der Waals surface area (Å²) in [5.41, 5.74) is 1.44. The molecule has 0 saturated heterocycles. The highest BCUT2D eigenvalue weighted by Gasteiger charge is 2.21. The number of aryl methyl sites for hydroxylation is 2. The Morgan fingerprint density at radius 1 is 1.25 bits per heavy atom. The molecule has 0 bridgehead atoms. The van der Waals surface area contributed by atoms with Crippen molar-refractivity contribution >= 4 is 16.7 Å². The zero-order valence-electron chi connectivity index (χ0n) is 13.8. The summed E-state index contributed by atoms with van der Waals surface area (Å²) in [4.78, 5) is 29.8. The summed E-state index contributed by atoms with van der Waals surface area (Å²) in [7, 11) is 1.33. The summed E-state index contributed by atoms with van der Waals surface area (Å²) < 4.78 is 6.36. The van der Waals surface area contributed by atoms with Gasteiger partial charge in [-0.25, -0.2) is 4.79 Å². The Balaban J connectivity index is 2.44. The van der Waals surface area contributed by atoms with Gasteiger partial charge in [-0.05, 0) is 18.9 Å². The van der Waals surface area contributed by atoms with Crippen molar-refractivity contribution in [3.8, 4) is 5.82 Å². The Labute approximate surface area is 138 Å². The number of fused-ring (bicyclic) bond motifs is 1. The third-order valence-corrected chi connectivity index (χ3v) is 4.01. The summed E-state index contributed by atoms with van der Waals surface area (Å²) in [6.45, 7) is 3.86. The highest BCUT2D eigenvalue weighted by atomic mass is 16.5. The third-order valence-electron chi connectivity index (χ3n) is 4.01. The minimum atomic E-state index is -0.481. The van der Waals surface area contributed by atoms with Crippen molar-refractivity contribution in [1.29, 1.82) is 0 Å². The molecule has 0 spiro atoms. The van der Waals surface area contributed by atoms with Crippen LogP contribution in [0.3, 0.4) is 0 Å². The normalized spacial score (nSPS) is 11.0. The molecule has 0 aliphatic carbocycles. The lowest BCUT2D eigenvalue weighted by atomic mass is 10.0. The van der Waals surface area contributed by atoms with Crippen molar-refractivity contribution in [3.63, 3.8) is 0 Å². The first-order valence-corrected chi connectivity index (χ1v) is 7.77. The Bertz CT molecular complexity index is 958. The molecule has 0 fully saturated rings. The topological polar surface area (TPSA) is 89.9 Å². The maximum absolute atomic E-state index is 13.0. The third kappa shape index (κ3) is 2.38. The second-order valence-corrected chi connectivity index (χ2v) is 5.30. The molecule has 124 valence electrons. The van der Waals surface area contributed by atoms with Gasteiger partial charge in [-0.2, -0.15) is 5.10 Å². The molecule has 0 aliphatic heterocycles. The van der Waals surface area contributed by atoms with Crippen LogP contribution < -0.4 is 5.56 Å². The van der Waals surface area contributed by atoms with Crippen molar-refractivity contribution in [2.75, 3.05) is 7.11 Å². The lowest BCUT2D eigenvalue weighted by molar-refractivity contribution is 0.0601. The molecule has 3 aromatic rings. The van der Waals surface area contributed by atoms with Gasteiger partial charge >= 0.3 is 5.97 Å². The molecule has 0 aliphatic rings. The van der Waals surface area contributed by atoms with Crippen LogP contribution in [0.15, 0.2) is 29.3 Å². The standard InChI is InChI=1S/C17H18N4O3/c1-4-11-14-10(15(17(23)24-3)12(5-2)19-11)7-9-21(16(14)22)13-6-8-18-20-13/h6-9H,4-5H2,1-3H3,(H,18,20). The van der Waals surface area contributed by atoms with E-state index < -0.39 is 5.97 Å². The van der Waals surface area contributed by atoms with Crippen LogP contribution in [0.5, 0.6) is 0 Å². The van der Waals surface area contributed by atoms with Crippen LogP contribution in [0.25, 0.3) is 16.6 Å². The van der Waals surface area contributed by atoms with Crippen molar-refractivity contribution < 1.29 is 9.53 Å². The van der Waals surface area contributed by atoms with Crippen molar-refractivity contribution in [2.24, 2.45) is 0 Å². The number of rotatable bonds is 4. The fourth-order valence-electron chi connectivity index (χ4n) is 2.87. The van der Waals surface area contributed by atoms with E-state index in [1.807, 2.05) is 13.8 Å². The fourth-order valence-corrected chi connectivity index (χ4v) is 2.87. The monoisotopic (exact) mass is 326 g/mol. The van der Waals surface area contributed by atoms with Gasteiger partial charge in [-0.15, -0.1) is 0 Å². The molecule has 3 rings (SSSR count). The summed E-state index contributed by atoms with van der Waals surface area (Å²) in [6, 6.07) is 3.46. The Morgan fingerprint density at radius 3 is 2.58 bits per heavy atom. The second kappa shape index (κ2) is 6.27. The Hall–Kier alpha value is -2.96. The first-order valence-electron chi connectivity index (χ1n) is 7.77. The maximum Gasteiger partial charge on any atom is 0.340 e. The van der Waals surface area contributed by atoms with Gasteiger partial charge in [-0.1, -0.05) is 13.8 Å². The molecular formula is C17H18N4O3. The van der Waals surface area contributed by atoms with Crippen molar-refractivity contribution in [3.05, 3.63) is 51.8 Å². The number of H-pyrrole nitrogens is 1. The van der Waals surface area contributed by atoms with Gasteiger partial charge in [0.05, 0.1) is 35.6 Å². The number of pyridine rings is 2. The molecule has 0 unspecified atom stereocenters. The van der Waals surface area contributed by atoms with Crippen LogP contribution in [0.4, 0.5) is 0 Å². The zero-order chi connectivity index (χ0) is 17.3. The number of ether oxygens (including phenoxy) is 1. The van der Waals surface area contributed by atoms with Gasteiger partial charge in [0.2, 0.25) is 0 Å². The highest BCUT2D eigenvalue weighted by Crippen LogP contribution is 2.24. The summed E-state index contributed by atoms with van der Waals surface area (Å²) in [6.07, 6.45) is 4.37. The van der Waals surface area contributed by atoms with Gasteiger partial charge in [0.1, 0.15) is 5.82 Å². The van der Waals surface area contributed by atoms with Gasteiger partial charge < -0.3 is 4.74 Å². The van der Waals surface area contributed by atoms with Crippen LogP contribution in [0.2, 0.25) is 0 Å². The van der Waals surface area contributed by atoms with Crippen molar-refractivity contribution in [1.82, 2.24) is 19.7 Å². The fraction of sp³-hybridized carbons (Fsp3) is 0.294. The Kier molecular flexibility index (Phi) is 4.16. The summed E-state index contributed by atoms with van der Waals surface area (Å²) in [5, 5.41) is 7.66. The van der Waals surface area contributed by atoms with E-state index in [9.17, 15) is 9.59 Å². The molecule has 7 heteroatoms. The van der Waals surface area contributed by atoms with Gasteiger partial charge in [0, 0.05) is 17.6 Å². The van der Waals surface area contributed by atoms with E-state index in [2.05, 4.69) is 15.2 Å². The van der Waals surface area contributed by atoms with Crippen LogP contribution in [0, 0.1) is 0 Å². The SMILES string of the molecule is CCc1nc(CC)c2c(=O)n(-c3ccn[nH]3)ccc2c1C(=O)OC. The number of aromatic nitrogens is 4. The lowest BCUT2D eigenvalue weighted by Crippen LogP contribution is -2.22. The van der Waals surface area contributed by atoms with E-state index in [0.717, 1.165) is 0 Å². The predicted molar refractivity (Wildman–Crippen MR) is 89.6 cm³/mol. The Morgan fingerprint density at radius 2 is 2.00 bits per heavy atom. The number of hydrogen-bond acceptors (Lipinski definition) is 5. The molecule has 3 heterocycles. The average Bonchev–Trinajstić information content (AvgIpc) is 3.14. The van der Waals surface area contributed by atoms with E-state index in [1.165, 1.54) is 11.7 Å². The van der Waals surface area contributed by atoms with Gasteiger partial charge in [0.25, 0.3) is 5.56 Å². The number of esters is 1. The molecule has 24 heavy (non-hydrogen) atoms. The van der Waals surface area contributed by atoms with Crippen molar-refractivity contribution in [2.45, 2.75) is 26.7 Å². The second-order valence-electron chi connectivity index (χ2n) is 5.30. The molecule has 0 saturated carbocycles.